The van der Waals surface area contributed by atoms with Crippen LogP contribution in [0, 0.1) is 12.7 Å². The molecule has 0 aliphatic carbocycles. The first-order valence-electron chi connectivity index (χ1n) is 6.49. The van der Waals surface area contributed by atoms with E-state index in [2.05, 4.69) is 10.1 Å². The summed E-state index contributed by atoms with van der Waals surface area (Å²) in [5, 5.41) is 13.1. The van der Waals surface area contributed by atoms with Gasteiger partial charge in [-0.2, -0.15) is 4.98 Å². The normalized spacial score (nSPS) is 10.8. The molecule has 0 aliphatic heterocycles. The second-order valence-electron chi connectivity index (χ2n) is 4.82. The second kappa shape index (κ2) is 5.36. The lowest BCUT2D eigenvalue weighted by molar-refractivity contribution is 0.385. The Bertz CT molecular complexity index is 766. The predicted molar refractivity (Wildman–Crippen MR) is 75.3 cm³/mol. The predicted octanol–water partition coefficient (Wildman–Crippen LogP) is 3.48. The fourth-order valence-corrected chi connectivity index (χ4v) is 1.96. The number of halogens is 1. The van der Waals surface area contributed by atoms with Crippen LogP contribution in [0.25, 0.3) is 11.4 Å². The minimum atomic E-state index is -0.294. The first-order valence-corrected chi connectivity index (χ1v) is 6.49. The van der Waals surface area contributed by atoms with Crippen LogP contribution in [0.3, 0.4) is 0 Å². The van der Waals surface area contributed by atoms with Crippen molar-refractivity contribution in [3.05, 3.63) is 65.3 Å². The molecule has 21 heavy (non-hydrogen) atoms. The Morgan fingerprint density at radius 1 is 1.14 bits per heavy atom. The highest BCUT2D eigenvalue weighted by molar-refractivity contribution is 5.55. The summed E-state index contributed by atoms with van der Waals surface area (Å²) in [7, 11) is 0. The first kappa shape index (κ1) is 13.3. The average Bonchev–Trinajstić information content (AvgIpc) is 2.93. The van der Waals surface area contributed by atoms with E-state index in [9.17, 15) is 9.50 Å². The summed E-state index contributed by atoms with van der Waals surface area (Å²) in [5.41, 5.74) is 2.10. The van der Waals surface area contributed by atoms with E-state index in [1.54, 1.807) is 43.3 Å². The molecule has 0 unspecified atom stereocenters. The summed E-state index contributed by atoms with van der Waals surface area (Å²) in [5.74, 6) is 0.719. The van der Waals surface area contributed by atoms with Gasteiger partial charge in [-0.25, -0.2) is 4.39 Å². The van der Waals surface area contributed by atoms with E-state index in [0.717, 1.165) is 5.56 Å². The Morgan fingerprint density at radius 2 is 1.90 bits per heavy atom. The van der Waals surface area contributed by atoms with Gasteiger partial charge in [0.1, 0.15) is 11.6 Å². The lowest BCUT2D eigenvalue weighted by atomic mass is 10.1. The van der Waals surface area contributed by atoms with Crippen molar-refractivity contribution in [3.8, 4) is 17.1 Å². The maximum Gasteiger partial charge on any atom is 0.231 e. The SMILES string of the molecule is Cc1ccc(-c2noc(Cc3ccc(O)cc3)n2)cc1F. The average molecular weight is 284 g/mol. The number of benzene rings is 2. The molecule has 3 rings (SSSR count). The van der Waals surface area contributed by atoms with Crippen LogP contribution in [-0.4, -0.2) is 15.2 Å². The van der Waals surface area contributed by atoms with E-state index in [0.29, 0.717) is 29.3 Å². The van der Waals surface area contributed by atoms with E-state index in [1.807, 2.05) is 0 Å². The van der Waals surface area contributed by atoms with Crippen LogP contribution in [0.1, 0.15) is 17.0 Å². The van der Waals surface area contributed by atoms with Gasteiger partial charge in [0.05, 0.1) is 6.42 Å². The fourth-order valence-electron chi connectivity index (χ4n) is 1.96. The zero-order valence-electron chi connectivity index (χ0n) is 11.4. The molecule has 2 aromatic carbocycles. The zero-order chi connectivity index (χ0) is 14.8. The Hall–Kier alpha value is -2.69. The van der Waals surface area contributed by atoms with E-state index in [1.165, 1.54) is 6.07 Å². The van der Waals surface area contributed by atoms with Gasteiger partial charge in [-0.1, -0.05) is 29.4 Å². The monoisotopic (exact) mass is 284 g/mol. The third-order valence-electron chi connectivity index (χ3n) is 3.19. The molecule has 0 atom stereocenters. The van der Waals surface area contributed by atoms with Crippen LogP contribution in [0.5, 0.6) is 5.75 Å². The molecule has 4 nitrogen and oxygen atoms in total. The summed E-state index contributed by atoms with van der Waals surface area (Å²) in [6.07, 6.45) is 0.460. The minimum Gasteiger partial charge on any atom is -0.508 e. The van der Waals surface area contributed by atoms with Gasteiger partial charge < -0.3 is 9.63 Å². The molecule has 0 saturated heterocycles. The van der Waals surface area contributed by atoms with Gasteiger partial charge in [0.25, 0.3) is 0 Å². The Balaban J connectivity index is 1.82. The molecule has 0 fully saturated rings. The van der Waals surface area contributed by atoms with Crippen molar-refractivity contribution in [2.45, 2.75) is 13.3 Å². The molecule has 106 valence electrons. The molecule has 0 radical (unpaired) electrons. The molecular weight excluding hydrogens is 271 g/mol. The third kappa shape index (κ3) is 2.91. The molecule has 1 N–H and O–H groups in total. The van der Waals surface area contributed by atoms with Crippen molar-refractivity contribution in [1.29, 1.82) is 0 Å². The second-order valence-corrected chi connectivity index (χ2v) is 4.82. The molecule has 5 heteroatoms. The topological polar surface area (TPSA) is 59.2 Å². The Kier molecular flexibility index (Phi) is 3.39. The standard InChI is InChI=1S/C16H13FN2O2/c1-10-2-5-12(9-14(10)17)16-18-15(21-19-16)8-11-3-6-13(20)7-4-11/h2-7,9,20H,8H2,1H3. The Labute approximate surface area is 120 Å². The number of aromatic nitrogens is 2. The van der Waals surface area contributed by atoms with Crippen molar-refractivity contribution in [1.82, 2.24) is 10.1 Å². The number of aromatic hydroxyl groups is 1. The molecule has 1 aromatic heterocycles. The zero-order valence-corrected chi connectivity index (χ0v) is 11.4. The molecule has 0 bridgehead atoms. The number of hydrogen-bond acceptors (Lipinski definition) is 4. The van der Waals surface area contributed by atoms with Gasteiger partial charge in [-0.15, -0.1) is 0 Å². The van der Waals surface area contributed by atoms with Gasteiger partial charge in [0.2, 0.25) is 11.7 Å². The summed E-state index contributed by atoms with van der Waals surface area (Å²) in [4.78, 5) is 4.26. The quantitative estimate of drug-likeness (QED) is 0.800. The van der Waals surface area contributed by atoms with E-state index in [4.69, 9.17) is 4.52 Å². The maximum absolute atomic E-state index is 13.5. The van der Waals surface area contributed by atoms with Crippen LogP contribution in [0.15, 0.2) is 47.0 Å². The number of aryl methyl sites for hydroxylation is 1. The van der Waals surface area contributed by atoms with E-state index < -0.39 is 0 Å². The number of phenols is 1. The molecule has 0 aliphatic rings. The van der Waals surface area contributed by atoms with Crippen molar-refractivity contribution < 1.29 is 14.0 Å². The molecule has 1 heterocycles. The fraction of sp³-hybridized carbons (Fsp3) is 0.125. The summed E-state index contributed by atoms with van der Waals surface area (Å²) < 4.78 is 18.7. The number of nitrogens with zero attached hydrogens (tertiary/aromatic N) is 2. The minimum absolute atomic E-state index is 0.208. The molecule has 0 spiro atoms. The lowest BCUT2D eigenvalue weighted by Gasteiger charge is -1.98. The highest BCUT2D eigenvalue weighted by Crippen LogP contribution is 2.20. The van der Waals surface area contributed by atoms with Gasteiger partial charge in [-0.3, -0.25) is 0 Å². The van der Waals surface area contributed by atoms with Gasteiger partial charge in [-0.05, 0) is 36.2 Å². The smallest absolute Gasteiger partial charge is 0.231 e. The molecule has 3 aromatic rings. The van der Waals surface area contributed by atoms with Gasteiger partial charge >= 0.3 is 0 Å². The van der Waals surface area contributed by atoms with Crippen LogP contribution in [0.2, 0.25) is 0 Å². The van der Waals surface area contributed by atoms with Crippen LogP contribution in [0.4, 0.5) is 4.39 Å². The van der Waals surface area contributed by atoms with Crippen molar-refractivity contribution >= 4 is 0 Å². The molecule has 0 saturated carbocycles. The van der Waals surface area contributed by atoms with E-state index >= 15 is 0 Å². The highest BCUT2D eigenvalue weighted by atomic mass is 19.1. The van der Waals surface area contributed by atoms with Crippen molar-refractivity contribution in [3.63, 3.8) is 0 Å². The van der Waals surface area contributed by atoms with Crippen LogP contribution in [-0.2, 0) is 6.42 Å². The maximum atomic E-state index is 13.5. The van der Waals surface area contributed by atoms with Crippen LogP contribution < -0.4 is 0 Å². The van der Waals surface area contributed by atoms with Crippen molar-refractivity contribution in [2.24, 2.45) is 0 Å². The van der Waals surface area contributed by atoms with Crippen LogP contribution >= 0.6 is 0 Å². The molecule has 0 amide bonds. The van der Waals surface area contributed by atoms with Gasteiger partial charge in [0, 0.05) is 5.56 Å². The largest absolute Gasteiger partial charge is 0.508 e. The summed E-state index contributed by atoms with van der Waals surface area (Å²) in [6.45, 7) is 1.70. The van der Waals surface area contributed by atoms with Gasteiger partial charge in [0.15, 0.2) is 0 Å². The van der Waals surface area contributed by atoms with E-state index in [-0.39, 0.29) is 11.6 Å². The Morgan fingerprint density at radius 3 is 2.62 bits per heavy atom. The number of hydrogen-bond donors (Lipinski definition) is 1. The van der Waals surface area contributed by atoms with Crippen molar-refractivity contribution in [2.75, 3.05) is 0 Å². The number of rotatable bonds is 3. The first-order chi connectivity index (χ1) is 10.1. The summed E-state index contributed by atoms with van der Waals surface area (Å²) in [6, 6.07) is 11.6. The third-order valence-corrected chi connectivity index (χ3v) is 3.19. The summed E-state index contributed by atoms with van der Waals surface area (Å²) >= 11 is 0. The highest BCUT2D eigenvalue weighted by Gasteiger charge is 2.10. The molecular formula is C16H13FN2O2. The lowest BCUT2D eigenvalue weighted by Crippen LogP contribution is -1.89. The number of phenolic OH excluding ortho intramolecular Hbond substituents is 1.